The van der Waals surface area contributed by atoms with E-state index in [2.05, 4.69) is 0 Å². The smallest absolute Gasteiger partial charge is 0.332 e. The number of halogens is 2. The van der Waals surface area contributed by atoms with Crippen LogP contribution in [0.25, 0.3) is 0 Å². The fraction of sp³-hybridized carbons (Fsp3) is 0.304. The number of urea groups is 1. The third-order valence-electron chi connectivity index (χ3n) is 6.35. The molecular weight excluding hydrogens is 515 g/mol. The standard InChI is InChI=1S/C23H20Cl2N4O5S/c1-27-22(32)29(18-8-16(24)7-17(25)9-18)21(31)23(27)13-28(20(30)12-35(2,33)34)11-19(23)15-5-3-14(10-26)4-6-15/h3-9,19H,11-13H2,1-2H3. The van der Waals surface area contributed by atoms with Gasteiger partial charge in [-0.25, -0.2) is 18.1 Å². The summed E-state index contributed by atoms with van der Waals surface area (Å²) in [5, 5.41) is 9.62. The molecule has 9 nitrogen and oxygen atoms in total. The van der Waals surface area contributed by atoms with Crippen molar-refractivity contribution in [2.45, 2.75) is 11.5 Å². The maximum atomic E-state index is 14.0. The summed E-state index contributed by atoms with van der Waals surface area (Å²) < 4.78 is 23.5. The van der Waals surface area contributed by atoms with Gasteiger partial charge in [0.25, 0.3) is 5.91 Å². The lowest BCUT2D eigenvalue weighted by atomic mass is 9.80. The Morgan fingerprint density at radius 2 is 1.74 bits per heavy atom. The molecule has 0 N–H and O–H groups in total. The van der Waals surface area contributed by atoms with Crippen molar-refractivity contribution in [2.24, 2.45) is 0 Å². The summed E-state index contributed by atoms with van der Waals surface area (Å²) in [6, 6.07) is 12.2. The van der Waals surface area contributed by atoms with Gasteiger partial charge in [0.1, 0.15) is 11.3 Å². The second kappa shape index (κ2) is 8.82. The number of nitrogens with zero attached hydrogens (tertiary/aromatic N) is 4. The minimum Gasteiger partial charge on any atom is -0.338 e. The molecule has 2 atom stereocenters. The SMILES string of the molecule is CN1C(=O)N(c2cc(Cl)cc(Cl)c2)C(=O)C12CN(C(=O)CS(C)(=O)=O)CC2c1ccc(C#N)cc1. The Morgan fingerprint density at radius 1 is 1.14 bits per heavy atom. The Bertz CT molecular complexity index is 1370. The normalized spacial score (nSPS) is 22.3. The molecule has 2 aromatic rings. The predicted octanol–water partition coefficient (Wildman–Crippen LogP) is 2.67. The van der Waals surface area contributed by atoms with Crippen molar-refractivity contribution in [2.75, 3.05) is 37.0 Å². The van der Waals surface area contributed by atoms with Crippen LogP contribution < -0.4 is 4.90 Å². The number of imide groups is 1. The minimum absolute atomic E-state index is 0.00769. The Kier molecular flexibility index (Phi) is 6.30. The zero-order chi connectivity index (χ0) is 25.7. The van der Waals surface area contributed by atoms with Crippen molar-refractivity contribution in [3.8, 4) is 6.07 Å². The third-order valence-corrected chi connectivity index (χ3v) is 7.56. The number of hydrogen-bond acceptors (Lipinski definition) is 6. The van der Waals surface area contributed by atoms with Gasteiger partial charge >= 0.3 is 6.03 Å². The van der Waals surface area contributed by atoms with Gasteiger partial charge in [0.15, 0.2) is 9.84 Å². The van der Waals surface area contributed by atoms with Crippen molar-refractivity contribution >= 4 is 56.6 Å². The number of sulfone groups is 1. The number of hydrogen-bond donors (Lipinski definition) is 0. The van der Waals surface area contributed by atoms with E-state index >= 15 is 0 Å². The molecular formula is C23H20Cl2N4O5S. The van der Waals surface area contributed by atoms with Gasteiger partial charge in [0.05, 0.1) is 23.9 Å². The number of carbonyl (C=O) groups is 3. The molecule has 2 aromatic carbocycles. The molecule has 2 aliphatic heterocycles. The van der Waals surface area contributed by atoms with E-state index in [0.717, 1.165) is 11.2 Å². The average molecular weight is 535 g/mol. The molecule has 4 rings (SSSR count). The fourth-order valence-electron chi connectivity index (χ4n) is 4.71. The number of likely N-dealkylation sites (tertiary alicyclic amines) is 1. The first-order valence-corrected chi connectivity index (χ1v) is 13.2. The van der Waals surface area contributed by atoms with Crippen LogP contribution in [-0.4, -0.2) is 73.7 Å². The van der Waals surface area contributed by atoms with E-state index in [1.165, 1.54) is 35.0 Å². The summed E-state index contributed by atoms with van der Waals surface area (Å²) in [4.78, 5) is 43.8. The van der Waals surface area contributed by atoms with Crippen LogP contribution in [0.3, 0.4) is 0 Å². The quantitative estimate of drug-likeness (QED) is 0.556. The first kappa shape index (κ1) is 25.0. The molecule has 1 spiro atoms. The van der Waals surface area contributed by atoms with Gasteiger partial charge in [0.2, 0.25) is 5.91 Å². The summed E-state index contributed by atoms with van der Waals surface area (Å²) in [7, 11) is -2.15. The van der Waals surface area contributed by atoms with Gasteiger partial charge in [-0.15, -0.1) is 0 Å². The predicted molar refractivity (Wildman–Crippen MR) is 130 cm³/mol. The van der Waals surface area contributed by atoms with Gasteiger partial charge in [-0.1, -0.05) is 35.3 Å². The van der Waals surface area contributed by atoms with Crippen LogP contribution in [0.4, 0.5) is 10.5 Å². The molecule has 2 fully saturated rings. The van der Waals surface area contributed by atoms with E-state index in [1.807, 2.05) is 6.07 Å². The summed E-state index contributed by atoms with van der Waals surface area (Å²) in [5.74, 6) is -2.66. The van der Waals surface area contributed by atoms with E-state index in [1.54, 1.807) is 24.3 Å². The van der Waals surface area contributed by atoms with Crippen LogP contribution >= 0.6 is 23.2 Å². The van der Waals surface area contributed by atoms with Crippen LogP contribution in [0.1, 0.15) is 17.0 Å². The van der Waals surface area contributed by atoms with E-state index in [4.69, 9.17) is 28.5 Å². The maximum Gasteiger partial charge on any atom is 0.332 e. The monoisotopic (exact) mass is 534 g/mol. The minimum atomic E-state index is -3.62. The lowest BCUT2D eigenvalue weighted by molar-refractivity contribution is -0.128. The number of benzene rings is 2. The van der Waals surface area contributed by atoms with Crippen molar-refractivity contribution in [1.29, 1.82) is 5.26 Å². The van der Waals surface area contributed by atoms with Crippen LogP contribution in [0.5, 0.6) is 0 Å². The summed E-state index contributed by atoms with van der Waals surface area (Å²) >= 11 is 12.2. The number of amides is 4. The first-order chi connectivity index (χ1) is 16.4. The number of nitriles is 1. The van der Waals surface area contributed by atoms with Gasteiger partial charge in [-0.05, 0) is 35.9 Å². The second-order valence-corrected chi connectivity index (χ2v) is 11.7. The van der Waals surface area contributed by atoms with Crippen molar-refractivity contribution in [3.05, 3.63) is 63.6 Å². The molecule has 2 saturated heterocycles. The number of likely N-dealkylation sites (N-methyl/N-ethyl adjacent to an activating group) is 1. The molecule has 4 amide bonds. The van der Waals surface area contributed by atoms with Crippen LogP contribution in [-0.2, 0) is 19.4 Å². The number of rotatable bonds is 4. The molecule has 12 heteroatoms. The van der Waals surface area contributed by atoms with Crippen molar-refractivity contribution in [3.63, 3.8) is 0 Å². The zero-order valence-electron chi connectivity index (χ0n) is 18.7. The highest BCUT2D eigenvalue weighted by molar-refractivity contribution is 7.91. The Balaban J connectivity index is 1.83. The van der Waals surface area contributed by atoms with Crippen molar-refractivity contribution < 1.29 is 22.8 Å². The topological polar surface area (TPSA) is 119 Å². The largest absolute Gasteiger partial charge is 0.338 e. The van der Waals surface area contributed by atoms with Gasteiger partial charge in [-0.2, -0.15) is 5.26 Å². The Hall–Kier alpha value is -3.13. The molecule has 0 bridgehead atoms. The highest BCUT2D eigenvalue weighted by atomic mass is 35.5. The maximum absolute atomic E-state index is 14.0. The summed E-state index contributed by atoms with van der Waals surface area (Å²) in [6.45, 7) is -0.189. The van der Waals surface area contributed by atoms with E-state index in [9.17, 15) is 22.8 Å². The van der Waals surface area contributed by atoms with E-state index in [0.29, 0.717) is 11.1 Å². The van der Waals surface area contributed by atoms with Gasteiger partial charge < -0.3 is 9.80 Å². The highest BCUT2D eigenvalue weighted by Crippen LogP contribution is 2.46. The summed E-state index contributed by atoms with van der Waals surface area (Å²) in [5.41, 5.74) is -0.297. The number of anilines is 1. The molecule has 0 aliphatic carbocycles. The lowest BCUT2D eigenvalue weighted by Gasteiger charge is -2.33. The van der Waals surface area contributed by atoms with E-state index in [-0.39, 0.29) is 28.8 Å². The Labute approximate surface area is 212 Å². The van der Waals surface area contributed by atoms with Crippen molar-refractivity contribution in [1.82, 2.24) is 9.80 Å². The van der Waals surface area contributed by atoms with E-state index < -0.39 is 44.9 Å². The highest BCUT2D eigenvalue weighted by Gasteiger charge is 2.65. The van der Waals surface area contributed by atoms with Gasteiger partial charge in [-0.3, -0.25) is 9.59 Å². The second-order valence-electron chi connectivity index (χ2n) is 8.66. The number of carbonyl (C=O) groups excluding carboxylic acids is 3. The molecule has 2 aliphatic rings. The zero-order valence-corrected chi connectivity index (χ0v) is 21.1. The van der Waals surface area contributed by atoms with Crippen LogP contribution in [0.15, 0.2) is 42.5 Å². The molecule has 35 heavy (non-hydrogen) atoms. The summed E-state index contributed by atoms with van der Waals surface area (Å²) in [6.07, 6.45) is 0.954. The van der Waals surface area contributed by atoms with Gasteiger partial charge in [0, 0.05) is 35.8 Å². The fourth-order valence-corrected chi connectivity index (χ4v) is 5.86. The molecule has 182 valence electrons. The molecule has 0 aromatic heterocycles. The third kappa shape index (κ3) is 4.35. The molecule has 2 heterocycles. The van der Waals surface area contributed by atoms with Crippen LogP contribution in [0, 0.1) is 11.3 Å². The first-order valence-electron chi connectivity index (χ1n) is 10.4. The average Bonchev–Trinajstić information content (AvgIpc) is 3.26. The Morgan fingerprint density at radius 3 is 2.29 bits per heavy atom. The molecule has 0 saturated carbocycles. The van der Waals surface area contributed by atoms with Crippen LogP contribution in [0.2, 0.25) is 10.0 Å². The molecule has 2 unspecified atom stereocenters. The lowest BCUT2D eigenvalue weighted by Crippen LogP contribution is -2.54. The molecule has 0 radical (unpaired) electrons.